The lowest BCUT2D eigenvalue weighted by Crippen LogP contribution is -2.48. The molecule has 0 bridgehead atoms. The fourth-order valence-corrected chi connectivity index (χ4v) is 2.20. The van der Waals surface area contributed by atoms with Crippen molar-refractivity contribution in [3.63, 3.8) is 0 Å². The molecule has 1 unspecified atom stereocenters. The highest BCUT2D eigenvalue weighted by molar-refractivity contribution is 7.92. The molecule has 0 spiro atoms. The Labute approximate surface area is 104 Å². The maximum atomic E-state index is 11.8. The van der Waals surface area contributed by atoms with E-state index in [0.29, 0.717) is 0 Å². The predicted octanol–water partition coefficient (Wildman–Crippen LogP) is 1.67. The first-order valence-corrected chi connectivity index (χ1v) is 7.52. The predicted molar refractivity (Wildman–Crippen MR) is 70.6 cm³/mol. The molecule has 1 N–H and O–H groups in total. The molecule has 0 aromatic heterocycles. The number of rotatable bonds is 6. The molecule has 0 saturated heterocycles. The van der Waals surface area contributed by atoms with Gasteiger partial charge in [-0.3, -0.25) is 4.79 Å². The van der Waals surface area contributed by atoms with Crippen LogP contribution in [0.2, 0.25) is 0 Å². The van der Waals surface area contributed by atoms with E-state index in [1.807, 2.05) is 20.8 Å². The Hall–Kier alpha value is -0.840. The number of carbonyl (C=O) groups is 1. The van der Waals surface area contributed by atoms with Gasteiger partial charge in [0.1, 0.15) is 5.25 Å². The van der Waals surface area contributed by atoms with Crippen LogP contribution < -0.4 is 5.32 Å². The third-order valence-corrected chi connectivity index (χ3v) is 4.77. The normalized spacial score (nSPS) is 14.9. The second-order valence-electron chi connectivity index (χ2n) is 4.77. The summed E-state index contributed by atoms with van der Waals surface area (Å²) in [6.45, 7) is 8.87. The molecular weight excluding hydrogens is 238 g/mol. The zero-order chi connectivity index (χ0) is 13.7. The van der Waals surface area contributed by atoms with E-state index in [2.05, 4.69) is 5.32 Å². The number of nitrogens with one attached hydrogen (secondary N) is 1. The number of sulfone groups is 1. The molecule has 4 nitrogen and oxygen atoms in total. The maximum Gasteiger partial charge on any atom is 0.238 e. The van der Waals surface area contributed by atoms with E-state index in [1.165, 1.54) is 6.92 Å². The summed E-state index contributed by atoms with van der Waals surface area (Å²) in [4.78, 5) is 11.8. The average Bonchev–Trinajstić information content (AvgIpc) is 2.24. The summed E-state index contributed by atoms with van der Waals surface area (Å²) in [5.41, 5.74) is -0.374. The van der Waals surface area contributed by atoms with Gasteiger partial charge in [0, 0.05) is 5.54 Å². The number of amides is 1. The molecule has 0 radical (unpaired) electrons. The first kappa shape index (κ1) is 16.2. The van der Waals surface area contributed by atoms with Crippen LogP contribution in [0, 0.1) is 0 Å². The quantitative estimate of drug-likeness (QED) is 0.740. The zero-order valence-corrected chi connectivity index (χ0v) is 12.1. The van der Waals surface area contributed by atoms with E-state index in [4.69, 9.17) is 0 Å². The molecule has 0 fully saturated rings. The van der Waals surface area contributed by atoms with E-state index in [9.17, 15) is 13.2 Å². The van der Waals surface area contributed by atoms with Gasteiger partial charge in [-0.05, 0) is 34.1 Å². The Morgan fingerprint density at radius 3 is 2.35 bits per heavy atom. The molecule has 1 atom stereocenters. The second kappa shape index (κ2) is 6.19. The summed E-state index contributed by atoms with van der Waals surface area (Å²) in [5.74, 6) is -0.522. The van der Waals surface area contributed by atoms with E-state index < -0.39 is 21.0 Å². The second-order valence-corrected chi connectivity index (χ2v) is 7.13. The van der Waals surface area contributed by atoms with Gasteiger partial charge in [-0.15, -0.1) is 0 Å². The van der Waals surface area contributed by atoms with Crippen molar-refractivity contribution in [2.75, 3.05) is 5.75 Å². The third kappa shape index (κ3) is 5.35. The smallest absolute Gasteiger partial charge is 0.238 e. The highest BCUT2D eigenvalue weighted by Gasteiger charge is 2.29. The number of carbonyl (C=O) groups excluding carboxylic acids is 1. The number of hydrogen-bond donors (Lipinski definition) is 1. The Bertz CT molecular complexity index is 383. The minimum atomic E-state index is -3.40. The fourth-order valence-electron chi connectivity index (χ4n) is 1.06. The molecule has 0 rings (SSSR count). The van der Waals surface area contributed by atoms with Gasteiger partial charge in [-0.25, -0.2) is 8.42 Å². The first-order valence-electron chi connectivity index (χ1n) is 5.81. The lowest BCUT2D eigenvalue weighted by molar-refractivity contribution is -0.122. The van der Waals surface area contributed by atoms with Gasteiger partial charge in [0.25, 0.3) is 0 Å². The van der Waals surface area contributed by atoms with E-state index in [1.54, 1.807) is 19.1 Å². The topological polar surface area (TPSA) is 63.2 Å². The standard InChI is InChI=1S/C12H23NO3S/c1-6-8-9-17(15,16)10(3)11(14)13-12(4,5)7-2/h6,8,10H,7,9H2,1-5H3,(H,13,14). The molecule has 0 aliphatic rings. The van der Waals surface area contributed by atoms with E-state index >= 15 is 0 Å². The van der Waals surface area contributed by atoms with Crippen LogP contribution in [0.3, 0.4) is 0 Å². The molecule has 17 heavy (non-hydrogen) atoms. The van der Waals surface area contributed by atoms with Crippen molar-refractivity contribution < 1.29 is 13.2 Å². The van der Waals surface area contributed by atoms with Gasteiger partial charge in [0.05, 0.1) is 5.75 Å². The van der Waals surface area contributed by atoms with E-state index in [-0.39, 0.29) is 11.3 Å². The summed E-state index contributed by atoms with van der Waals surface area (Å²) < 4.78 is 23.6. The molecule has 0 aliphatic heterocycles. The van der Waals surface area contributed by atoms with Crippen molar-refractivity contribution in [1.29, 1.82) is 0 Å². The van der Waals surface area contributed by atoms with Crippen molar-refractivity contribution >= 4 is 15.7 Å². The SMILES string of the molecule is CC=CCS(=O)(=O)C(C)C(=O)NC(C)(C)CC. The summed E-state index contributed by atoms with van der Waals surface area (Å²) in [5, 5.41) is 1.74. The van der Waals surface area contributed by atoms with Gasteiger partial charge in [0.15, 0.2) is 9.84 Å². The first-order chi connectivity index (χ1) is 7.66. The van der Waals surface area contributed by atoms with Crippen LogP contribution in [-0.2, 0) is 14.6 Å². The van der Waals surface area contributed by atoms with Crippen LogP contribution in [0.15, 0.2) is 12.2 Å². The van der Waals surface area contributed by atoms with Crippen LogP contribution in [0.5, 0.6) is 0 Å². The van der Waals surface area contributed by atoms with Crippen LogP contribution in [0.25, 0.3) is 0 Å². The highest BCUT2D eigenvalue weighted by atomic mass is 32.2. The monoisotopic (exact) mass is 261 g/mol. The lowest BCUT2D eigenvalue weighted by atomic mass is 10.0. The van der Waals surface area contributed by atoms with Crippen molar-refractivity contribution in [2.45, 2.75) is 51.8 Å². The van der Waals surface area contributed by atoms with Crippen molar-refractivity contribution in [1.82, 2.24) is 5.32 Å². The average molecular weight is 261 g/mol. The Kier molecular flexibility index (Phi) is 5.88. The minimum absolute atomic E-state index is 0.0926. The van der Waals surface area contributed by atoms with E-state index in [0.717, 1.165) is 6.42 Å². The summed E-state index contributed by atoms with van der Waals surface area (Å²) >= 11 is 0. The van der Waals surface area contributed by atoms with Gasteiger partial charge < -0.3 is 5.32 Å². The summed E-state index contributed by atoms with van der Waals surface area (Å²) in [6.07, 6.45) is 3.96. The van der Waals surface area contributed by atoms with Crippen LogP contribution in [0.1, 0.15) is 41.0 Å². The third-order valence-electron chi connectivity index (χ3n) is 2.82. The Balaban J connectivity index is 4.71. The van der Waals surface area contributed by atoms with Crippen molar-refractivity contribution in [3.8, 4) is 0 Å². The summed E-state index contributed by atoms with van der Waals surface area (Å²) in [6, 6.07) is 0. The lowest BCUT2D eigenvalue weighted by Gasteiger charge is -2.26. The number of hydrogen-bond acceptors (Lipinski definition) is 3. The highest BCUT2D eigenvalue weighted by Crippen LogP contribution is 2.10. The molecule has 0 aliphatic carbocycles. The van der Waals surface area contributed by atoms with Crippen LogP contribution >= 0.6 is 0 Å². The molecule has 0 saturated carbocycles. The molecular formula is C12H23NO3S. The van der Waals surface area contributed by atoms with Crippen LogP contribution in [-0.4, -0.2) is 30.9 Å². The Morgan fingerprint density at radius 2 is 1.94 bits per heavy atom. The Morgan fingerprint density at radius 1 is 1.41 bits per heavy atom. The fraction of sp³-hybridized carbons (Fsp3) is 0.750. The van der Waals surface area contributed by atoms with Gasteiger partial charge in [-0.1, -0.05) is 19.1 Å². The number of allylic oxidation sites excluding steroid dienone is 1. The molecule has 5 heteroatoms. The minimum Gasteiger partial charge on any atom is -0.350 e. The molecule has 0 heterocycles. The molecule has 0 aromatic rings. The van der Waals surface area contributed by atoms with Crippen molar-refractivity contribution in [3.05, 3.63) is 12.2 Å². The largest absolute Gasteiger partial charge is 0.350 e. The van der Waals surface area contributed by atoms with Gasteiger partial charge in [-0.2, -0.15) is 0 Å². The van der Waals surface area contributed by atoms with Crippen LogP contribution in [0.4, 0.5) is 0 Å². The van der Waals surface area contributed by atoms with Gasteiger partial charge in [0.2, 0.25) is 5.91 Å². The zero-order valence-electron chi connectivity index (χ0n) is 11.3. The van der Waals surface area contributed by atoms with Crippen molar-refractivity contribution in [2.24, 2.45) is 0 Å². The molecule has 1 amide bonds. The summed E-state index contributed by atoms with van der Waals surface area (Å²) in [7, 11) is -3.40. The molecule has 0 aromatic carbocycles. The maximum absolute atomic E-state index is 11.8. The van der Waals surface area contributed by atoms with Gasteiger partial charge >= 0.3 is 0 Å². The molecule has 100 valence electrons.